The standard InChI is InChI=1S/C10H17N5O2/c11-8(15-16)5-10(2-3-10)6-12-4-1-9-13-7-14-17-9/h7,12,16H,1-6H2,(H2,11,15). The summed E-state index contributed by atoms with van der Waals surface area (Å²) in [4.78, 5) is 3.94. The molecule has 0 atom stereocenters. The summed E-state index contributed by atoms with van der Waals surface area (Å²) in [7, 11) is 0. The van der Waals surface area contributed by atoms with Gasteiger partial charge in [-0.15, -0.1) is 0 Å². The number of aromatic nitrogens is 2. The molecule has 0 unspecified atom stereocenters. The third kappa shape index (κ3) is 3.42. The molecular weight excluding hydrogens is 222 g/mol. The molecule has 0 radical (unpaired) electrons. The third-order valence-corrected chi connectivity index (χ3v) is 3.06. The second kappa shape index (κ2) is 5.13. The second-order valence-corrected chi connectivity index (χ2v) is 4.53. The van der Waals surface area contributed by atoms with E-state index in [1.165, 1.54) is 6.33 Å². The minimum atomic E-state index is 0.186. The van der Waals surface area contributed by atoms with Crippen molar-refractivity contribution in [1.82, 2.24) is 15.5 Å². The Morgan fingerprint density at radius 3 is 3.06 bits per heavy atom. The first-order chi connectivity index (χ1) is 8.24. The van der Waals surface area contributed by atoms with Crippen molar-refractivity contribution < 1.29 is 9.73 Å². The highest BCUT2D eigenvalue weighted by Crippen LogP contribution is 2.48. The maximum atomic E-state index is 8.54. The molecule has 1 aliphatic carbocycles. The predicted octanol–water partition coefficient (Wildman–Crippen LogP) is 0.118. The predicted molar refractivity (Wildman–Crippen MR) is 60.6 cm³/mol. The maximum absolute atomic E-state index is 8.54. The fourth-order valence-corrected chi connectivity index (χ4v) is 1.87. The van der Waals surface area contributed by atoms with Gasteiger partial charge in [0.05, 0.1) is 0 Å². The maximum Gasteiger partial charge on any atom is 0.227 e. The molecule has 1 saturated carbocycles. The van der Waals surface area contributed by atoms with Crippen LogP contribution < -0.4 is 11.1 Å². The first-order valence-corrected chi connectivity index (χ1v) is 5.67. The average Bonchev–Trinajstić information content (AvgIpc) is 2.89. The minimum Gasteiger partial charge on any atom is -0.409 e. The van der Waals surface area contributed by atoms with Crippen molar-refractivity contribution in [3.05, 3.63) is 12.2 Å². The number of nitrogens with one attached hydrogen (secondary N) is 1. The van der Waals surface area contributed by atoms with E-state index >= 15 is 0 Å². The zero-order chi connectivity index (χ0) is 12.1. The van der Waals surface area contributed by atoms with E-state index in [1.807, 2.05) is 0 Å². The van der Waals surface area contributed by atoms with E-state index in [-0.39, 0.29) is 5.41 Å². The first kappa shape index (κ1) is 11.8. The topological polar surface area (TPSA) is 110 Å². The van der Waals surface area contributed by atoms with Crippen LogP contribution in [0.1, 0.15) is 25.2 Å². The number of oxime groups is 1. The summed E-state index contributed by atoms with van der Waals surface area (Å²) in [6, 6.07) is 0. The van der Waals surface area contributed by atoms with Crippen molar-refractivity contribution in [1.29, 1.82) is 0 Å². The van der Waals surface area contributed by atoms with Gasteiger partial charge in [0.15, 0.2) is 6.33 Å². The molecule has 0 saturated heterocycles. The van der Waals surface area contributed by atoms with E-state index in [9.17, 15) is 0 Å². The van der Waals surface area contributed by atoms with E-state index in [4.69, 9.17) is 15.5 Å². The quantitative estimate of drug-likeness (QED) is 0.205. The summed E-state index contributed by atoms with van der Waals surface area (Å²) in [5.41, 5.74) is 5.71. The average molecular weight is 239 g/mol. The summed E-state index contributed by atoms with van der Waals surface area (Å²) < 4.78 is 4.89. The molecule has 0 spiro atoms. The lowest BCUT2D eigenvalue weighted by atomic mass is 10.0. The largest absolute Gasteiger partial charge is 0.409 e. The minimum absolute atomic E-state index is 0.186. The number of nitrogens with two attached hydrogens (primary N) is 1. The molecule has 0 amide bonds. The summed E-state index contributed by atoms with van der Waals surface area (Å²) in [5.74, 6) is 0.944. The molecule has 1 aliphatic rings. The SMILES string of the molecule is NC(CC1(CNCCc2ncno2)CC1)=NO. The van der Waals surface area contributed by atoms with Gasteiger partial charge in [0.25, 0.3) is 0 Å². The van der Waals surface area contributed by atoms with Crippen LogP contribution in [-0.2, 0) is 6.42 Å². The van der Waals surface area contributed by atoms with Crippen LogP contribution in [0.15, 0.2) is 16.0 Å². The van der Waals surface area contributed by atoms with E-state index in [0.717, 1.165) is 32.4 Å². The highest BCUT2D eigenvalue weighted by Gasteiger charge is 2.42. The lowest BCUT2D eigenvalue weighted by Gasteiger charge is -2.14. The van der Waals surface area contributed by atoms with Crippen LogP contribution in [0.3, 0.4) is 0 Å². The lowest BCUT2D eigenvalue weighted by molar-refractivity contribution is 0.314. The summed E-state index contributed by atoms with van der Waals surface area (Å²) in [6.45, 7) is 1.66. The number of hydrogen-bond donors (Lipinski definition) is 3. The summed E-state index contributed by atoms with van der Waals surface area (Å²) in [5, 5.41) is 18.4. The number of hydrogen-bond acceptors (Lipinski definition) is 6. The normalized spacial score (nSPS) is 18.2. The molecule has 94 valence electrons. The zero-order valence-corrected chi connectivity index (χ0v) is 9.59. The molecule has 2 rings (SSSR count). The molecule has 7 nitrogen and oxygen atoms in total. The van der Waals surface area contributed by atoms with Crippen LogP contribution in [-0.4, -0.2) is 34.3 Å². The Morgan fingerprint density at radius 1 is 1.65 bits per heavy atom. The number of rotatable bonds is 7. The highest BCUT2D eigenvalue weighted by atomic mass is 16.5. The van der Waals surface area contributed by atoms with Crippen molar-refractivity contribution in [2.24, 2.45) is 16.3 Å². The fourth-order valence-electron chi connectivity index (χ4n) is 1.87. The molecule has 0 aromatic carbocycles. The molecule has 1 heterocycles. The van der Waals surface area contributed by atoms with Crippen molar-refractivity contribution in [3.8, 4) is 0 Å². The molecule has 1 aromatic rings. The van der Waals surface area contributed by atoms with E-state index in [1.54, 1.807) is 0 Å². The molecule has 7 heteroatoms. The Morgan fingerprint density at radius 2 is 2.47 bits per heavy atom. The van der Waals surface area contributed by atoms with Crippen LogP contribution in [0.4, 0.5) is 0 Å². The van der Waals surface area contributed by atoms with Crippen molar-refractivity contribution >= 4 is 5.84 Å². The Bertz CT molecular complexity index is 372. The van der Waals surface area contributed by atoms with Gasteiger partial charge >= 0.3 is 0 Å². The van der Waals surface area contributed by atoms with Crippen LogP contribution >= 0.6 is 0 Å². The van der Waals surface area contributed by atoms with E-state index in [2.05, 4.69) is 20.6 Å². The van der Waals surface area contributed by atoms with Crippen LogP contribution in [0.25, 0.3) is 0 Å². The van der Waals surface area contributed by atoms with E-state index in [0.29, 0.717) is 18.1 Å². The van der Waals surface area contributed by atoms with Crippen LogP contribution in [0, 0.1) is 5.41 Å². The van der Waals surface area contributed by atoms with Gasteiger partial charge in [-0.2, -0.15) is 4.98 Å². The fraction of sp³-hybridized carbons (Fsp3) is 0.700. The number of amidine groups is 1. The summed E-state index contributed by atoms with van der Waals surface area (Å²) >= 11 is 0. The highest BCUT2D eigenvalue weighted by molar-refractivity contribution is 5.80. The van der Waals surface area contributed by atoms with Crippen molar-refractivity contribution in [2.75, 3.05) is 13.1 Å². The first-order valence-electron chi connectivity index (χ1n) is 5.67. The van der Waals surface area contributed by atoms with Crippen LogP contribution in [0.5, 0.6) is 0 Å². The van der Waals surface area contributed by atoms with Gasteiger partial charge in [-0.1, -0.05) is 10.3 Å². The summed E-state index contributed by atoms with van der Waals surface area (Å²) in [6.07, 6.45) is 5.01. The Hall–Kier alpha value is -1.63. The molecule has 1 aromatic heterocycles. The smallest absolute Gasteiger partial charge is 0.227 e. The Kier molecular flexibility index (Phi) is 3.58. The van der Waals surface area contributed by atoms with Gasteiger partial charge in [0, 0.05) is 25.9 Å². The zero-order valence-electron chi connectivity index (χ0n) is 9.59. The third-order valence-electron chi connectivity index (χ3n) is 3.06. The van der Waals surface area contributed by atoms with Crippen molar-refractivity contribution in [3.63, 3.8) is 0 Å². The Labute approximate surface area is 99.1 Å². The van der Waals surface area contributed by atoms with Gasteiger partial charge in [-0.3, -0.25) is 0 Å². The molecular formula is C10H17N5O2. The molecule has 1 fully saturated rings. The van der Waals surface area contributed by atoms with E-state index < -0.39 is 0 Å². The second-order valence-electron chi connectivity index (χ2n) is 4.53. The molecule has 0 bridgehead atoms. The monoisotopic (exact) mass is 239 g/mol. The van der Waals surface area contributed by atoms with Gasteiger partial charge in [0.1, 0.15) is 5.84 Å². The van der Waals surface area contributed by atoms with Gasteiger partial charge in [-0.25, -0.2) is 0 Å². The van der Waals surface area contributed by atoms with Gasteiger partial charge in [0.2, 0.25) is 5.89 Å². The molecule has 17 heavy (non-hydrogen) atoms. The molecule has 4 N–H and O–H groups in total. The van der Waals surface area contributed by atoms with Gasteiger partial charge in [-0.05, 0) is 18.3 Å². The Balaban J connectivity index is 1.65. The van der Waals surface area contributed by atoms with Gasteiger partial charge < -0.3 is 20.8 Å². The van der Waals surface area contributed by atoms with Crippen molar-refractivity contribution in [2.45, 2.75) is 25.7 Å². The lowest BCUT2D eigenvalue weighted by Crippen LogP contribution is -2.29. The van der Waals surface area contributed by atoms with Crippen LogP contribution in [0.2, 0.25) is 0 Å². The molecule has 0 aliphatic heterocycles. The number of nitrogens with zero attached hydrogens (tertiary/aromatic N) is 3.